The first-order chi connectivity index (χ1) is 12.8. The molecular weight excluding hydrogens is 374 g/mol. The van der Waals surface area contributed by atoms with Gasteiger partial charge in [-0.25, -0.2) is 13.2 Å². The summed E-state index contributed by atoms with van der Waals surface area (Å²) in [6, 6.07) is 9.75. The second-order valence-corrected chi connectivity index (χ2v) is 7.12. The fraction of sp³-hybridized carbons (Fsp3) is 0.167. The van der Waals surface area contributed by atoms with Gasteiger partial charge in [-0.15, -0.1) is 0 Å². The highest BCUT2D eigenvalue weighted by Crippen LogP contribution is 2.28. The molecule has 27 heavy (non-hydrogen) atoms. The molecule has 0 saturated heterocycles. The number of fused-ring (bicyclic) bond motifs is 1. The number of ether oxygens (including phenoxy) is 1. The van der Waals surface area contributed by atoms with Crippen molar-refractivity contribution in [2.45, 2.75) is 24.3 Å². The van der Waals surface area contributed by atoms with Gasteiger partial charge in [0.1, 0.15) is 21.9 Å². The Hall–Kier alpha value is -3.04. The van der Waals surface area contributed by atoms with E-state index < -0.39 is 44.6 Å². The van der Waals surface area contributed by atoms with Gasteiger partial charge in [0.15, 0.2) is 0 Å². The third kappa shape index (κ3) is 3.34. The van der Waals surface area contributed by atoms with E-state index in [0.29, 0.717) is 0 Å². The number of nitrogens with zero attached hydrogens (tertiary/aromatic N) is 1. The number of rotatable bonds is 5. The molecule has 140 valence electrons. The van der Waals surface area contributed by atoms with E-state index in [1.807, 2.05) is 0 Å². The van der Waals surface area contributed by atoms with Crippen molar-refractivity contribution in [3.8, 4) is 5.75 Å². The van der Waals surface area contributed by atoms with Crippen LogP contribution in [-0.2, 0) is 14.9 Å². The monoisotopic (exact) mass is 388 g/mol. The zero-order valence-corrected chi connectivity index (χ0v) is 14.9. The number of carbonyl (C=O) groups excluding carboxylic acids is 3. The van der Waals surface area contributed by atoms with Crippen molar-refractivity contribution in [1.82, 2.24) is 4.90 Å². The fourth-order valence-corrected chi connectivity index (χ4v) is 3.46. The number of hydrogen-bond acceptors (Lipinski definition) is 7. The smallest absolute Gasteiger partial charge is 0.334 e. The molecule has 0 aromatic heterocycles. The van der Waals surface area contributed by atoms with Crippen LogP contribution in [0.15, 0.2) is 53.4 Å². The van der Waals surface area contributed by atoms with Crippen LogP contribution in [0.5, 0.6) is 5.75 Å². The van der Waals surface area contributed by atoms with Crippen LogP contribution in [0, 0.1) is 0 Å². The third-order valence-corrected chi connectivity index (χ3v) is 5.00. The maximum absolute atomic E-state index is 12.6. The van der Waals surface area contributed by atoms with Gasteiger partial charge >= 0.3 is 5.97 Å². The number of para-hydroxylation sites is 1. The molecule has 1 aliphatic heterocycles. The summed E-state index contributed by atoms with van der Waals surface area (Å²) >= 11 is 0. The number of esters is 1. The van der Waals surface area contributed by atoms with Gasteiger partial charge in [0.2, 0.25) is 0 Å². The van der Waals surface area contributed by atoms with Crippen LogP contribution in [0.4, 0.5) is 0 Å². The first-order valence-electron chi connectivity index (χ1n) is 7.99. The predicted molar refractivity (Wildman–Crippen MR) is 91.1 cm³/mol. The lowest BCUT2D eigenvalue weighted by atomic mass is 10.1. The molecule has 9 heteroatoms. The molecule has 1 heterocycles. The summed E-state index contributed by atoms with van der Waals surface area (Å²) in [7, 11) is -4.87. The molecular formula is C18H14NO7S-. The summed E-state index contributed by atoms with van der Waals surface area (Å²) in [5.41, 5.74) is 0.354. The second kappa shape index (κ2) is 6.93. The molecule has 0 aliphatic carbocycles. The Bertz CT molecular complexity index is 1010. The highest BCUT2D eigenvalue weighted by molar-refractivity contribution is 7.85. The summed E-state index contributed by atoms with van der Waals surface area (Å²) in [5.74, 6) is -2.73. The Morgan fingerprint density at radius 3 is 2.07 bits per heavy atom. The number of carbonyl (C=O) groups is 3. The minimum Gasteiger partial charge on any atom is -0.744 e. The molecule has 0 radical (unpaired) electrons. The fourth-order valence-electron chi connectivity index (χ4n) is 2.86. The van der Waals surface area contributed by atoms with Crippen molar-refractivity contribution < 1.29 is 32.1 Å². The summed E-state index contributed by atoms with van der Waals surface area (Å²) in [5, 5.41) is 0. The number of amides is 2. The predicted octanol–water partition coefficient (Wildman–Crippen LogP) is 1.57. The molecule has 0 N–H and O–H groups in total. The van der Waals surface area contributed by atoms with Crippen LogP contribution in [-0.4, -0.2) is 41.7 Å². The summed E-state index contributed by atoms with van der Waals surface area (Å²) < 4.78 is 39.0. The maximum atomic E-state index is 12.6. The van der Waals surface area contributed by atoms with E-state index in [1.54, 1.807) is 19.1 Å². The Morgan fingerprint density at radius 2 is 1.56 bits per heavy atom. The Kier molecular flexibility index (Phi) is 4.81. The zero-order chi connectivity index (χ0) is 19.8. The van der Waals surface area contributed by atoms with Gasteiger partial charge in [-0.05, 0) is 30.7 Å². The van der Waals surface area contributed by atoms with Gasteiger partial charge < -0.3 is 9.29 Å². The van der Waals surface area contributed by atoms with E-state index >= 15 is 0 Å². The minimum atomic E-state index is -4.87. The van der Waals surface area contributed by atoms with Crippen LogP contribution in [0.2, 0.25) is 0 Å². The average molecular weight is 388 g/mol. The number of imide groups is 1. The SMILES string of the molecule is CCC(C(=O)Oc1ccccc1S(=O)(=O)[O-])N1C(=O)c2ccccc2C1=O. The lowest BCUT2D eigenvalue weighted by Crippen LogP contribution is -2.46. The lowest BCUT2D eigenvalue weighted by molar-refractivity contribution is -0.139. The van der Waals surface area contributed by atoms with Gasteiger partial charge in [0, 0.05) is 0 Å². The van der Waals surface area contributed by atoms with Crippen molar-refractivity contribution in [2.24, 2.45) is 0 Å². The highest BCUT2D eigenvalue weighted by Gasteiger charge is 2.42. The van der Waals surface area contributed by atoms with Crippen molar-refractivity contribution in [1.29, 1.82) is 0 Å². The van der Waals surface area contributed by atoms with Crippen LogP contribution >= 0.6 is 0 Å². The van der Waals surface area contributed by atoms with Gasteiger partial charge in [-0.1, -0.05) is 31.2 Å². The first kappa shape index (κ1) is 18.7. The minimum absolute atomic E-state index is 0.0522. The molecule has 0 saturated carbocycles. The van der Waals surface area contributed by atoms with Gasteiger partial charge in [-0.3, -0.25) is 14.5 Å². The summed E-state index contributed by atoms with van der Waals surface area (Å²) in [6.07, 6.45) is 0.0522. The molecule has 1 unspecified atom stereocenters. The van der Waals surface area contributed by atoms with Crippen LogP contribution < -0.4 is 4.74 Å². The Labute approximate surface area is 155 Å². The summed E-state index contributed by atoms with van der Waals surface area (Å²) in [4.78, 5) is 37.8. The molecule has 0 spiro atoms. The van der Waals surface area contributed by atoms with E-state index in [9.17, 15) is 27.4 Å². The second-order valence-electron chi connectivity index (χ2n) is 5.77. The normalized spacial score (nSPS) is 14.8. The maximum Gasteiger partial charge on any atom is 0.334 e. The largest absolute Gasteiger partial charge is 0.744 e. The number of hydrogen-bond donors (Lipinski definition) is 0. The molecule has 0 bridgehead atoms. The molecule has 1 atom stereocenters. The van der Waals surface area contributed by atoms with E-state index in [4.69, 9.17) is 4.74 Å². The Balaban J connectivity index is 1.91. The summed E-state index contributed by atoms with van der Waals surface area (Å²) in [6.45, 7) is 1.58. The van der Waals surface area contributed by atoms with Gasteiger partial charge in [0.25, 0.3) is 11.8 Å². The average Bonchev–Trinajstić information content (AvgIpc) is 2.88. The van der Waals surface area contributed by atoms with E-state index in [0.717, 1.165) is 17.0 Å². The first-order valence-corrected chi connectivity index (χ1v) is 9.40. The molecule has 2 aromatic carbocycles. The molecule has 0 fully saturated rings. The number of benzene rings is 2. The Morgan fingerprint density at radius 1 is 1.04 bits per heavy atom. The topological polar surface area (TPSA) is 121 Å². The van der Waals surface area contributed by atoms with E-state index in [2.05, 4.69) is 0 Å². The van der Waals surface area contributed by atoms with Gasteiger partial charge in [-0.2, -0.15) is 0 Å². The standard InChI is InChI=1S/C18H15NO7S/c1-2-13(19-16(20)11-7-3-4-8-12(11)17(19)21)18(22)26-14-9-5-6-10-15(14)27(23,24)25/h3-10,13H,2H2,1H3,(H,23,24,25)/p-1. The van der Waals surface area contributed by atoms with E-state index in [1.165, 1.54) is 24.3 Å². The highest BCUT2D eigenvalue weighted by atomic mass is 32.2. The van der Waals surface area contributed by atoms with Crippen LogP contribution in [0.1, 0.15) is 34.1 Å². The molecule has 8 nitrogen and oxygen atoms in total. The zero-order valence-electron chi connectivity index (χ0n) is 14.1. The third-order valence-electron chi connectivity index (χ3n) is 4.12. The van der Waals surface area contributed by atoms with Crippen molar-refractivity contribution in [3.05, 3.63) is 59.7 Å². The van der Waals surface area contributed by atoms with Crippen molar-refractivity contribution >= 4 is 27.9 Å². The van der Waals surface area contributed by atoms with E-state index in [-0.39, 0.29) is 17.5 Å². The van der Waals surface area contributed by atoms with Crippen molar-refractivity contribution in [2.75, 3.05) is 0 Å². The molecule has 1 aliphatic rings. The quantitative estimate of drug-likeness (QED) is 0.330. The van der Waals surface area contributed by atoms with Crippen LogP contribution in [0.25, 0.3) is 0 Å². The van der Waals surface area contributed by atoms with Gasteiger partial charge in [0.05, 0.1) is 16.0 Å². The van der Waals surface area contributed by atoms with Crippen molar-refractivity contribution in [3.63, 3.8) is 0 Å². The molecule has 2 aromatic rings. The molecule has 3 rings (SSSR count). The molecule has 2 amide bonds. The van der Waals surface area contributed by atoms with Crippen LogP contribution in [0.3, 0.4) is 0 Å². The lowest BCUT2D eigenvalue weighted by Gasteiger charge is -2.24.